The molecule has 0 radical (unpaired) electrons. The van der Waals surface area contributed by atoms with Crippen molar-refractivity contribution in [2.45, 2.75) is 38.6 Å². The fourth-order valence-corrected chi connectivity index (χ4v) is 4.47. The third kappa shape index (κ3) is 6.28. The molecular weight excluding hydrogens is 494 g/mol. The molecule has 0 saturated carbocycles. The number of sulfone groups is 1. The van der Waals surface area contributed by atoms with Gasteiger partial charge in [0.1, 0.15) is 5.82 Å². The fourth-order valence-electron chi connectivity index (χ4n) is 3.10. The summed E-state index contributed by atoms with van der Waals surface area (Å²) >= 11 is 0. The van der Waals surface area contributed by atoms with Crippen molar-refractivity contribution in [3.05, 3.63) is 35.1 Å². The number of hydrogen-bond donors (Lipinski definition) is 1. The van der Waals surface area contributed by atoms with Gasteiger partial charge in [-0.1, -0.05) is 6.07 Å². The van der Waals surface area contributed by atoms with Crippen LogP contribution in [0.5, 0.6) is 0 Å². The average molecular weight is 526 g/mol. The second-order valence-corrected chi connectivity index (χ2v) is 10.6. The molecule has 1 saturated heterocycles. The summed E-state index contributed by atoms with van der Waals surface area (Å²) in [5.74, 6) is 0.596. The molecule has 1 aliphatic rings. The molecule has 1 fully saturated rings. The van der Waals surface area contributed by atoms with E-state index in [4.69, 9.17) is 0 Å². The van der Waals surface area contributed by atoms with E-state index in [9.17, 15) is 12.8 Å². The normalized spacial score (nSPS) is 18.7. The van der Waals surface area contributed by atoms with E-state index in [0.717, 1.165) is 5.56 Å². The lowest BCUT2D eigenvalue weighted by Crippen LogP contribution is -2.57. The quantitative estimate of drug-likeness (QED) is 0.363. The van der Waals surface area contributed by atoms with Crippen LogP contribution in [0.1, 0.15) is 31.9 Å². The van der Waals surface area contributed by atoms with Crippen molar-refractivity contribution in [3.63, 3.8) is 0 Å². The number of benzene rings is 1. The van der Waals surface area contributed by atoms with Gasteiger partial charge in [0.15, 0.2) is 15.8 Å². The molecule has 9 heteroatoms. The molecule has 0 unspecified atom stereocenters. The molecule has 1 aliphatic heterocycles. The van der Waals surface area contributed by atoms with E-state index in [1.807, 2.05) is 36.9 Å². The van der Waals surface area contributed by atoms with Crippen molar-refractivity contribution in [2.24, 2.45) is 4.99 Å². The molecule has 1 N–H and O–H groups in total. The summed E-state index contributed by atoms with van der Waals surface area (Å²) in [7, 11) is 0.703. The maximum atomic E-state index is 14.0. The van der Waals surface area contributed by atoms with Crippen LogP contribution in [-0.2, 0) is 22.9 Å². The lowest BCUT2D eigenvalue weighted by Gasteiger charge is -2.39. The Balaban J connectivity index is 0.00000392. The van der Waals surface area contributed by atoms with E-state index in [1.165, 1.54) is 6.07 Å². The Labute approximate surface area is 185 Å². The predicted octanol–water partition coefficient (Wildman–Crippen LogP) is 2.48. The van der Waals surface area contributed by atoms with E-state index >= 15 is 0 Å². The van der Waals surface area contributed by atoms with Crippen LogP contribution in [0.15, 0.2) is 23.2 Å². The van der Waals surface area contributed by atoms with Crippen molar-refractivity contribution >= 4 is 39.8 Å². The van der Waals surface area contributed by atoms with Gasteiger partial charge in [-0.2, -0.15) is 0 Å². The molecule has 0 amide bonds. The zero-order chi connectivity index (χ0) is 20.2. The highest BCUT2D eigenvalue weighted by Crippen LogP contribution is 2.24. The van der Waals surface area contributed by atoms with Gasteiger partial charge in [0.25, 0.3) is 0 Å². The molecule has 6 nitrogen and oxygen atoms in total. The Bertz CT molecular complexity index is 797. The molecule has 1 heterocycles. The second-order valence-electron chi connectivity index (χ2n) is 7.83. The van der Waals surface area contributed by atoms with Gasteiger partial charge < -0.3 is 15.1 Å². The largest absolute Gasteiger partial charge is 0.357 e. The molecule has 1 aromatic rings. The van der Waals surface area contributed by atoms with Crippen LogP contribution < -0.4 is 5.32 Å². The molecule has 2 rings (SSSR count). The highest BCUT2D eigenvalue weighted by molar-refractivity contribution is 14.0. The first kappa shape index (κ1) is 25.1. The molecule has 1 aromatic carbocycles. The molecule has 160 valence electrons. The van der Waals surface area contributed by atoms with Crippen molar-refractivity contribution in [1.29, 1.82) is 0 Å². The van der Waals surface area contributed by atoms with Gasteiger partial charge in [0.2, 0.25) is 0 Å². The Kier molecular flexibility index (Phi) is 9.14. The van der Waals surface area contributed by atoms with Crippen LogP contribution in [0.4, 0.5) is 4.39 Å². The maximum Gasteiger partial charge on any atom is 0.194 e. The highest BCUT2D eigenvalue weighted by Gasteiger charge is 2.40. The van der Waals surface area contributed by atoms with Gasteiger partial charge in [-0.3, -0.25) is 0 Å². The van der Waals surface area contributed by atoms with Crippen molar-refractivity contribution in [3.8, 4) is 0 Å². The molecule has 0 spiro atoms. The van der Waals surface area contributed by atoms with Gasteiger partial charge in [-0.25, -0.2) is 17.8 Å². The van der Waals surface area contributed by atoms with Gasteiger partial charge >= 0.3 is 0 Å². The third-order valence-electron chi connectivity index (χ3n) is 4.69. The lowest BCUT2D eigenvalue weighted by molar-refractivity contribution is 0.353. The van der Waals surface area contributed by atoms with Crippen LogP contribution in [0.2, 0.25) is 0 Å². The number of guanidine groups is 1. The minimum Gasteiger partial charge on any atom is -0.357 e. The third-order valence-corrected chi connectivity index (χ3v) is 7.22. The number of nitrogens with one attached hydrogen (secondary N) is 1. The fraction of sp³-hybridized carbons (Fsp3) is 0.632. The number of aliphatic imine (C=N–C) groups is 1. The topological polar surface area (TPSA) is 65.0 Å². The van der Waals surface area contributed by atoms with E-state index < -0.39 is 14.6 Å². The number of hydrogen-bond acceptors (Lipinski definition) is 4. The van der Waals surface area contributed by atoms with Gasteiger partial charge in [-0.05, 0) is 52.6 Å². The lowest BCUT2D eigenvalue weighted by atomic mass is 10.1. The molecular formula is C19H32FIN4O2S. The monoisotopic (exact) mass is 526 g/mol. The first-order chi connectivity index (χ1) is 12.6. The summed E-state index contributed by atoms with van der Waals surface area (Å²) < 4.78 is 37.6. The molecule has 0 aromatic heterocycles. The predicted molar refractivity (Wildman–Crippen MR) is 123 cm³/mol. The summed E-state index contributed by atoms with van der Waals surface area (Å²) in [6, 6.07) is 5.06. The zero-order valence-corrected chi connectivity index (χ0v) is 20.5. The Hall–Kier alpha value is -0.940. The highest BCUT2D eigenvalue weighted by atomic mass is 127. The SMILES string of the molecule is CCNC(=NCc1ccc(F)c(CN(C)C)c1)N1CCS(=O)(=O)C(C)(C)C1.I. The second kappa shape index (κ2) is 10.2. The standard InChI is InChI=1S/C19H31FN4O2S.HI/c1-6-21-18(24-9-10-27(25,26)19(2,3)14-24)22-12-15-7-8-17(20)16(11-15)13-23(4)5;/h7-8,11H,6,9-10,12-14H2,1-5H3,(H,21,22);1H. The smallest absolute Gasteiger partial charge is 0.194 e. The van der Waals surface area contributed by atoms with E-state index in [0.29, 0.717) is 44.2 Å². The van der Waals surface area contributed by atoms with E-state index in [1.54, 1.807) is 19.9 Å². The molecule has 0 atom stereocenters. The Morgan fingerprint density at radius 3 is 2.61 bits per heavy atom. The van der Waals surface area contributed by atoms with Crippen molar-refractivity contribution in [2.75, 3.05) is 39.5 Å². The summed E-state index contributed by atoms with van der Waals surface area (Å²) in [6.07, 6.45) is 0. The average Bonchev–Trinajstić information content (AvgIpc) is 2.56. The zero-order valence-electron chi connectivity index (χ0n) is 17.3. The number of nitrogens with zero attached hydrogens (tertiary/aromatic N) is 3. The van der Waals surface area contributed by atoms with Crippen LogP contribution in [0, 0.1) is 5.82 Å². The van der Waals surface area contributed by atoms with Crippen LogP contribution in [0.3, 0.4) is 0 Å². The van der Waals surface area contributed by atoms with Crippen molar-refractivity contribution in [1.82, 2.24) is 15.1 Å². The molecule has 28 heavy (non-hydrogen) atoms. The van der Waals surface area contributed by atoms with Crippen molar-refractivity contribution < 1.29 is 12.8 Å². The first-order valence-electron chi connectivity index (χ1n) is 9.23. The van der Waals surface area contributed by atoms with Gasteiger partial charge in [0, 0.05) is 31.7 Å². The van der Waals surface area contributed by atoms with Crippen LogP contribution in [-0.4, -0.2) is 68.4 Å². The number of rotatable bonds is 5. The van der Waals surface area contributed by atoms with E-state index in [2.05, 4.69) is 10.3 Å². The summed E-state index contributed by atoms with van der Waals surface area (Å²) in [5, 5.41) is 3.24. The molecule has 0 bridgehead atoms. The minimum atomic E-state index is -3.10. The molecule has 0 aliphatic carbocycles. The minimum absolute atomic E-state index is 0. The first-order valence-corrected chi connectivity index (χ1v) is 10.9. The summed E-state index contributed by atoms with van der Waals surface area (Å²) in [4.78, 5) is 8.59. The van der Waals surface area contributed by atoms with Gasteiger partial charge in [-0.15, -0.1) is 24.0 Å². The Morgan fingerprint density at radius 2 is 2.04 bits per heavy atom. The van der Waals surface area contributed by atoms with E-state index in [-0.39, 0.29) is 35.5 Å². The maximum absolute atomic E-state index is 14.0. The Morgan fingerprint density at radius 1 is 1.36 bits per heavy atom. The van der Waals surface area contributed by atoms with Gasteiger partial charge in [0.05, 0.1) is 17.0 Å². The van der Waals surface area contributed by atoms with Crippen LogP contribution >= 0.6 is 24.0 Å². The summed E-state index contributed by atoms with van der Waals surface area (Å²) in [6.45, 7) is 7.95. The van der Waals surface area contributed by atoms with Crippen LogP contribution in [0.25, 0.3) is 0 Å². The number of halogens is 2. The summed E-state index contributed by atoms with van der Waals surface area (Å²) in [5.41, 5.74) is 1.57.